The van der Waals surface area contributed by atoms with Gasteiger partial charge >= 0.3 is 0 Å². The summed E-state index contributed by atoms with van der Waals surface area (Å²) in [7, 11) is 2.11. The van der Waals surface area contributed by atoms with E-state index in [4.69, 9.17) is 0 Å². The van der Waals surface area contributed by atoms with Crippen LogP contribution in [0.5, 0.6) is 0 Å². The van der Waals surface area contributed by atoms with Gasteiger partial charge in [-0.2, -0.15) is 0 Å². The fourth-order valence-corrected chi connectivity index (χ4v) is 1.18. The van der Waals surface area contributed by atoms with Crippen molar-refractivity contribution < 1.29 is 0 Å². The van der Waals surface area contributed by atoms with Crippen molar-refractivity contribution in [2.45, 2.75) is 6.92 Å². The molecule has 1 rings (SSSR count). The minimum atomic E-state index is 1.20. The van der Waals surface area contributed by atoms with Gasteiger partial charge < -0.3 is 0 Å². The van der Waals surface area contributed by atoms with Gasteiger partial charge in [-0.3, -0.25) is 0 Å². The second-order valence-corrected chi connectivity index (χ2v) is 3.04. The smallest absolute Gasteiger partial charge is 0.0850 e. The first-order valence-corrected chi connectivity index (χ1v) is 3.73. The van der Waals surface area contributed by atoms with Gasteiger partial charge in [0.15, 0.2) is 0 Å². The van der Waals surface area contributed by atoms with Crippen molar-refractivity contribution in [1.82, 2.24) is 0 Å². The first-order valence-electron chi connectivity index (χ1n) is 2.93. The molecule has 2 heteroatoms. The minimum Gasteiger partial charge on any atom is -0.0850 e. The molecule has 0 aromatic heterocycles. The highest BCUT2D eigenvalue weighted by Gasteiger charge is 1.93. The molecule has 0 saturated heterocycles. The number of rotatable bonds is 0. The molecule has 0 aliphatic carbocycles. The van der Waals surface area contributed by atoms with Crippen molar-refractivity contribution in [3.8, 4) is 0 Å². The van der Waals surface area contributed by atoms with Crippen LogP contribution in [0.1, 0.15) is 5.56 Å². The maximum absolute atomic E-state index is 3.45. The molecule has 0 fully saturated rings. The summed E-state index contributed by atoms with van der Waals surface area (Å²) in [4.78, 5) is 0. The van der Waals surface area contributed by atoms with Crippen molar-refractivity contribution in [2.24, 2.45) is 0 Å². The standard InChI is InChI=1S/C7H8BBr/c1-5-6(8)3-2-4-7(5)9/h2-4H,8H2,1H3. The van der Waals surface area contributed by atoms with Crippen LogP contribution < -0.4 is 5.46 Å². The van der Waals surface area contributed by atoms with Crippen LogP contribution in [0.25, 0.3) is 0 Å². The van der Waals surface area contributed by atoms with Crippen LogP contribution in [0, 0.1) is 6.92 Å². The first-order chi connectivity index (χ1) is 4.22. The third kappa shape index (κ3) is 1.36. The Bertz CT molecular complexity index is 200. The Hall–Kier alpha value is -0.235. The molecule has 1 aromatic rings. The van der Waals surface area contributed by atoms with Crippen LogP contribution in [0.2, 0.25) is 0 Å². The van der Waals surface area contributed by atoms with Crippen molar-refractivity contribution in [2.75, 3.05) is 0 Å². The Balaban J connectivity index is 3.25. The molecule has 9 heavy (non-hydrogen) atoms. The van der Waals surface area contributed by atoms with E-state index < -0.39 is 0 Å². The van der Waals surface area contributed by atoms with E-state index in [1.807, 2.05) is 6.07 Å². The number of hydrogen-bond acceptors (Lipinski definition) is 0. The third-order valence-corrected chi connectivity index (χ3v) is 2.40. The van der Waals surface area contributed by atoms with Crippen molar-refractivity contribution >= 4 is 29.2 Å². The molecular formula is C7H8BBr. The summed E-state index contributed by atoms with van der Waals surface area (Å²) in [5.41, 5.74) is 2.67. The normalized spacial score (nSPS) is 9.56. The lowest BCUT2D eigenvalue weighted by molar-refractivity contribution is 1.47. The molecule has 1 aromatic carbocycles. The maximum Gasteiger partial charge on any atom is 0.139 e. The first kappa shape index (κ1) is 6.88. The van der Waals surface area contributed by atoms with Gasteiger partial charge in [0.2, 0.25) is 0 Å². The molecule has 0 aliphatic heterocycles. The maximum atomic E-state index is 3.45. The lowest BCUT2D eigenvalue weighted by Gasteiger charge is -1.99. The van der Waals surface area contributed by atoms with Gasteiger partial charge in [-0.1, -0.05) is 33.5 Å². The Morgan fingerprint density at radius 1 is 1.44 bits per heavy atom. The monoisotopic (exact) mass is 182 g/mol. The highest BCUT2D eigenvalue weighted by Crippen LogP contribution is 2.11. The molecule has 0 saturated carbocycles. The molecule has 0 bridgehead atoms. The Morgan fingerprint density at radius 2 is 2.11 bits per heavy atom. The average Bonchev–Trinajstić information content (AvgIpc) is 1.83. The number of hydrogen-bond donors (Lipinski definition) is 0. The van der Waals surface area contributed by atoms with Crippen LogP contribution in [-0.4, -0.2) is 7.85 Å². The predicted octanol–water partition coefficient (Wildman–Crippen LogP) is 1.02. The summed E-state index contributed by atoms with van der Waals surface area (Å²) in [5.74, 6) is 0. The van der Waals surface area contributed by atoms with E-state index in [0.29, 0.717) is 0 Å². The summed E-state index contributed by atoms with van der Waals surface area (Å²) < 4.78 is 1.20. The summed E-state index contributed by atoms with van der Waals surface area (Å²) in [6, 6.07) is 6.22. The predicted molar refractivity (Wildman–Crippen MR) is 47.1 cm³/mol. The average molecular weight is 183 g/mol. The number of halogens is 1. The second-order valence-electron chi connectivity index (χ2n) is 2.18. The quantitative estimate of drug-likeness (QED) is 0.526. The van der Waals surface area contributed by atoms with Crippen LogP contribution in [0.4, 0.5) is 0 Å². The molecule has 0 spiro atoms. The molecule has 0 amide bonds. The molecule has 0 nitrogen and oxygen atoms in total. The van der Waals surface area contributed by atoms with E-state index in [-0.39, 0.29) is 0 Å². The third-order valence-electron chi connectivity index (χ3n) is 1.54. The Morgan fingerprint density at radius 3 is 2.56 bits per heavy atom. The molecule has 0 heterocycles. The molecule has 0 N–H and O–H groups in total. The van der Waals surface area contributed by atoms with Gasteiger partial charge in [0.1, 0.15) is 7.85 Å². The Labute approximate surface area is 64.8 Å². The second kappa shape index (κ2) is 2.57. The summed E-state index contributed by atoms with van der Waals surface area (Å²) >= 11 is 3.45. The molecular weight excluding hydrogens is 175 g/mol. The molecule has 0 radical (unpaired) electrons. The van der Waals surface area contributed by atoms with Gasteiger partial charge in [0, 0.05) is 4.47 Å². The van der Waals surface area contributed by atoms with Crippen LogP contribution in [0.3, 0.4) is 0 Å². The molecule has 0 atom stereocenters. The summed E-state index contributed by atoms with van der Waals surface area (Å²) in [5, 5.41) is 0. The highest BCUT2D eigenvalue weighted by molar-refractivity contribution is 9.10. The highest BCUT2D eigenvalue weighted by atomic mass is 79.9. The summed E-state index contributed by atoms with van der Waals surface area (Å²) in [6.45, 7) is 2.11. The van der Waals surface area contributed by atoms with Crippen LogP contribution in [0.15, 0.2) is 22.7 Å². The summed E-state index contributed by atoms with van der Waals surface area (Å²) in [6.07, 6.45) is 0. The SMILES string of the molecule is Bc1cccc(Br)c1C. The zero-order valence-corrected chi connectivity index (χ0v) is 7.20. The number of benzene rings is 1. The lowest BCUT2D eigenvalue weighted by Crippen LogP contribution is -2.05. The minimum absolute atomic E-state index is 1.20. The fourth-order valence-electron chi connectivity index (χ4n) is 0.715. The molecule has 46 valence electrons. The zero-order valence-electron chi connectivity index (χ0n) is 5.61. The zero-order chi connectivity index (χ0) is 6.85. The molecule has 0 unspecified atom stereocenters. The van der Waals surface area contributed by atoms with Crippen molar-refractivity contribution in [3.05, 3.63) is 28.2 Å². The van der Waals surface area contributed by atoms with E-state index >= 15 is 0 Å². The van der Waals surface area contributed by atoms with Crippen molar-refractivity contribution in [1.29, 1.82) is 0 Å². The van der Waals surface area contributed by atoms with E-state index in [9.17, 15) is 0 Å². The van der Waals surface area contributed by atoms with E-state index in [0.717, 1.165) is 0 Å². The van der Waals surface area contributed by atoms with Gasteiger partial charge in [-0.15, -0.1) is 0 Å². The topological polar surface area (TPSA) is 0 Å². The van der Waals surface area contributed by atoms with Gasteiger partial charge in [-0.05, 0) is 18.6 Å². The van der Waals surface area contributed by atoms with Crippen molar-refractivity contribution in [3.63, 3.8) is 0 Å². The molecule has 0 aliphatic rings. The van der Waals surface area contributed by atoms with Gasteiger partial charge in [0.25, 0.3) is 0 Å². The largest absolute Gasteiger partial charge is 0.139 e. The van der Waals surface area contributed by atoms with Gasteiger partial charge in [0.05, 0.1) is 0 Å². The van der Waals surface area contributed by atoms with E-state index in [2.05, 4.69) is 42.8 Å². The van der Waals surface area contributed by atoms with E-state index in [1.54, 1.807) is 0 Å². The van der Waals surface area contributed by atoms with Gasteiger partial charge in [-0.25, -0.2) is 0 Å². The Kier molecular flexibility index (Phi) is 1.96. The fraction of sp³-hybridized carbons (Fsp3) is 0.143. The van der Waals surface area contributed by atoms with Crippen LogP contribution in [-0.2, 0) is 0 Å². The van der Waals surface area contributed by atoms with E-state index in [1.165, 1.54) is 15.5 Å². The lowest BCUT2D eigenvalue weighted by atomic mass is 9.92. The van der Waals surface area contributed by atoms with Crippen LogP contribution >= 0.6 is 15.9 Å².